The number of nitrogens with one attached hydrogen (secondary N) is 1. The van der Waals surface area contributed by atoms with Crippen LogP contribution in [0.5, 0.6) is 0 Å². The molecule has 0 radical (unpaired) electrons. The van der Waals surface area contributed by atoms with Gasteiger partial charge < -0.3 is 4.42 Å². The number of H-pyrrole nitrogens is 1. The van der Waals surface area contributed by atoms with E-state index in [0.29, 0.717) is 0 Å². The average Bonchev–Trinajstić information content (AvgIpc) is 2.68. The molecule has 3 nitrogen and oxygen atoms in total. The number of hydrogen-bond donors (Lipinski definition) is 1. The van der Waals surface area contributed by atoms with E-state index in [1.165, 1.54) is 51.2 Å². The molecule has 0 saturated heterocycles. The third-order valence-corrected chi connectivity index (χ3v) is 2.87. The van der Waals surface area contributed by atoms with Crippen LogP contribution in [0.15, 0.2) is 15.5 Å². The van der Waals surface area contributed by atoms with Crippen molar-refractivity contribution in [2.45, 2.75) is 64.7 Å². The van der Waals surface area contributed by atoms with Crippen molar-refractivity contribution in [1.82, 2.24) is 4.98 Å². The van der Waals surface area contributed by atoms with Gasteiger partial charge in [0, 0.05) is 0 Å². The quantitative estimate of drug-likeness (QED) is 0.652. The van der Waals surface area contributed by atoms with Crippen molar-refractivity contribution in [3.8, 4) is 0 Å². The highest BCUT2D eigenvalue weighted by Crippen LogP contribution is 2.09. The van der Waals surface area contributed by atoms with Crippen molar-refractivity contribution in [3.05, 3.63) is 22.5 Å². The van der Waals surface area contributed by atoms with Gasteiger partial charge in [0.25, 0.3) is 0 Å². The van der Waals surface area contributed by atoms with E-state index in [9.17, 15) is 4.79 Å². The summed E-state index contributed by atoms with van der Waals surface area (Å²) in [7, 11) is 0. The molecule has 0 aliphatic heterocycles. The Hall–Kier alpha value is -0.990. The van der Waals surface area contributed by atoms with Gasteiger partial charge in [0.1, 0.15) is 6.26 Å². The van der Waals surface area contributed by atoms with Crippen LogP contribution in [-0.4, -0.2) is 4.98 Å². The van der Waals surface area contributed by atoms with Crippen molar-refractivity contribution in [2.24, 2.45) is 0 Å². The molecular formula is C13H23NO2. The Labute approximate surface area is 97.3 Å². The molecule has 0 fully saturated rings. The van der Waals surface area contributed by atoms with Crippen LogP contribution in [0.3, 0.4) is 0 Å². The molecule has 1 aromatic rings. The lowest BCUT2D eigenvalue weighted by Gasteiger charge is -2.00. The van der Waals surface area contributed by atoms with Crippen molar-refractivity contribution in [1.29, 1.82) is 0 Å². The molecule has 0 amide bonds. The van der Waals surface area contributed by atoms with Gasteiger partial charge in [-0.1, -0.05) is 51.9 Å². The third kappa shape index (κ3) is 5.79. The minimum Gasteiger partial charge on any atom is -0.416 e. The maximum absolute atomic E-state index is 10.7. The van der Waals surface area contributed by atoms with E-state index in [1.54, 1.807) is 0 Å². The lowest BCUT2D eigenvalue weighted by molar-refractivity contribution is 0.514. The predicted molar refractivity (Wildman–Crippen MR) is 65.6 cm³/mol. The first-order chi connectivity index (χ1) is 7.83. The molecule has 1 N–H and O–H groups in total. The van der Waals surface area contributed by atoms with Crippen molar-refractivity contribution in [2.75, 3.05) is 0 Å². The first-order valence-corrected chi connectivity index (χ1v) is 6.49. The SMILES string of the molecule is CCCCCCCCCCc1coc(=O)[nH]1. The third-order valence-electron chi connectivity index (χ3n) is 2.87. The molecule has 0 bridgehead atoms. The summed E-state index contributed by atoms with van der Waals surface area (Å²) in [5, 5.41) is 0. The van der Waals surface area contributed by atoms with Crippen LogP contribution < -0.4 is 5.76 Å². The molecule has 0 aliphatic carbocycles. The van der Waals surface area contributed by atoms with E-state index < -0.39 is 0 Å². The number of aromatic nitrogens is 1. The summed E-state index contributed by atoms with van der Waals surface area (Å²) in [5.41, 5.74) is 0.927. The second kappa shape index (κ2) is 8.20. The zero-order valence-corrected chi connectivity index (χ0v) is 10.3. The number of unbranched alkanes of at least 4 members (excludes halogenated alkanes) is 7. The molecule has 0 atom stereocenters. The average molecular weight is 225 g/mol. The Morgan fingerprint density at radius 3 is 2.25 bits per heavy atom. The van der Waals surface area contributed by atoms with Crippen LogP contribution >= 0.6 is 0 Å². The van der Waals surface area contributed by atoms with Gasteiger partial charge in [0.2, 0.25) is 0 Å². The van der Waals surface area contributed by atoms with Crippen molar-refractivity contribution >= 4 is 0 Å². The standard InChI is InChI=1S/C13H23NO2/c1-2-3-4-5-6-7-8-9-10-12-11-16-13(15)14-12/h11H,2-10H2,1H3,(H,14,15). The summed E-state index contributed by atoms with van der Waals surface area (Å²) in [6, 6.07) is 0. The van der Waals surface area contributed by atoms with E-state index in [2.05, 4.69) is 16.3 Å². The monoisotopic (exact) mass is 225 g/mol. The highest BCUT2D eigenvalue weighted by molar-refractivity contribution is 4.90. The lowest BCUT2D eigenvalue weighted by atomic mass is 10.1. The van der Waals surface area contributed by atoms with E-state index in [1.807, 2.05) is 0 Å². The maximum Gasteiger partial charge on any atom is 0.416 e. The smallest absolute Gasteiger partial charge is 0.416 e. The second-order valence-corrected chi connectivity index (χ2v) is 4.40. The molecule has 16 heavy (non-hydrogen) atoms. The molecule has 3 heteroatoms. The van der Waals surface area contributed by atoms with Gasteiger partial charge >= 0.3 is 5.76 Å². The zero-order chi connectivity index (χ0) is 11.6. The first-order valence-electron chi connectivity index (χ1n) is 6.49. The van der Waals surface area contributed by atoms with Gasteiger partial charge in [-0.3, -0.25) is 4.98 Å². The van der Waals surface area contributed by atoms with Crippen LogP contribution in [0.1, 0.15) is 64.0 Å². The maximum atomic E-state index is 10.7. The number of oxazole rings is 1. The summed E-state index contributed by atoms with van der Waals surface area (Å²) in [5.74, 6) is -0.338. The van der Waals surface area contributed by atoms with Gasteiger partial charge in [0.15, 0.2) is 0 Å². The van der Waals surface area contributed by atoms with Crippen LogP contribution in [-0.2, 0) is 6.42 Å². The van der Waals surface area contributed by atoms with Gasteiger partial charge in [0.05, 0.1) is 5.69 Å². The molecule has 0 saturated carbocycles. The second-order valence-electron chi connectivity index (χ2n) is 4.40. The molecule has 1 aromatic heterocycles. The number of rotatable bonds is 9. The van der Waals surface area contributed by atoms with Crippen LogP contribution in [0, 0.1) is 0 Å². The van der Waals surface area contributed by atoms with Gasteiger partial charge in [-0.15, -0.1) is 0 Å². The molecule has 0 aliphatic rings. The fraction of sp³-hybridized carbons (Fsp3) is 0.769. The highest BCUT2D eigenvalue weighted by atomic mass is 16.4. The Kier molecular flexibility index (Phi) is 6.70. The van der Waals surface area contributed by atoms with Crippen LogP contribution in [0.25, 0.3) is 0 Å². The Balaban J connectivity index is 1.90. The Morgan fingerprint density at radius 1 is 1.06 bits per heavy atom. The normalized spacial score (nSPS) is 10.8. The molecule has 0 unspecified atom stereocenters. The lowest BCUT2D eigenvalue weighted by Crippen LogP contribution is -1.97. The Bertz CT molecular complexity index is 314. The zero-order valence-electron chi connectivity index (χ0n) is 10.3. The van der Waals surface area contributed by atoms with Gasteiger partial charge in [-0.2, -0.15) is 0 Å². The minimum absolute atomic E-state index is 0.338. The summed E-state index contributed by atoms with van der Waals surface area (Å²) in [4.78, 5) is 13.4. The predicted octanol–water partition coefficient (Wildman–Crippen LogP) is 3.65. The van der Waals surface area contributed by atoms with Gasteiger partial charge in [-0.25, -0.2) is 4.79 Å². The number of aryl methyl sites for hydroxylation is 1. The highest BCUT2D eigenvalue weighted by Gasteiger charge is 1.97. The van der Waals surface area contributed by atoms with Gasteiger partial charge in [-0.05, 0) is 12.8 Å². The van der Waals surface area contributed by atoms with E-state index in [-0.39, 0.29) is 5.76 Å². The number of aromatic amines is 1. The minimum atomic E-state index is -0.338. The largest absolute Gasteiger partial charge is 0.416 e. The summed E-state index contributed by atoms with van der Waals surface area (Å²) >= 11 is 0. The summed E-state index contributed by atoms with van der Waals surface area (Å²) in [6.45, 7) is 2.24. The molecular weight excluding hydrogens is 202 g/mol. The molecule has 1 rings (SSSR count). The molecule has 1 heterocycles. The molecule has 0 spiro atoms. The molecule has 92 valence electrons. The van der Waals surface area contributed by atoms with E-state index >= 15 is 0 Å². The van der Waals surface area contributed by atoms with Crippen molar-refractivity contribution < 1.29 is 4.42 Å². The van der Waals surface area contributed by atoms with E-state index in [0.717, 1.165) is 18.5 Å². The fourth-order valence-electron chi connectivity index (χ4n) is 1.89. The first kappa shape index (κ1) is 13.1. The summed E-state index contributed by atoms with van der Waals surface area (Å²) < 4.78 is 4.68. The number of hydrogen-bond acceptors (Lipinski definition) is 2. The topological polar surface area (TPSA) is 46.0 Å². The Morgan fingerprint density at radius 2 is 1.69 bits per heavy atom. The summed E-state index contributed by atoms with van der Waals surface area (Å²) in [6.07, 6.45) is 13.0. The molecule has 0 aromatic carbocycles. The van der Waals surface area contributed by atoms with Crippen molar-refractivity contribution in [3.63, 3.8) is 0 Å². The van der Waals surface area contributed by atoms with Crippen LogP contribution in [0.4, 0.5) is 0 Å². The van der Waals surface area contributed by atoms with Crippen LogP contribution in [0.2, 0.25) is 0 Å². The fourth-order valence-corrected chi connectivity index (χ4v) is 1.89. The van der Waals surface area contributed by atoms with E-state index in [4.69, 9.17) is 0 Å².